The van der Waals surface area contributed by atoms with Crippen LogP contribution >= 0.6 is 0 Å². The summed E-state index contributed by atoms with van der Waals surface area (Å²) in [6.07, 6.45) is 2.01. The molecule has 182 valence electrons. The predicted octanol–water partition coefficient (Wildman–Crippen LogP) is 2.95. The molecule has 1 amide bonds. The molecule has 0 atom stereocenters. The van der Waals surface area contributed by atoms with Crippen LogP contribution in [0.2, 0.25) is 0 Å². The molecule has 2 heterocycles. The lowest BCUT2D eigenvalue weighted by atomic mass is 9.88. The zero-order chi connectivity index (χ0) is 24.1. The number of aryl methyl sites for hydroxylation is 1. The summed E-state index contributed by atoms with van der Waals surface area (Å²) in [4.78, 5) is 27.1. The van der Waals surface area contributed by atoms with Crippen molar-refractivity contribution in [1.82, 2.24) is 9.62 Å². The number of hydrogen-bond acceptors (Lipinski definition) is 6. The second kappa shape index (κ2) is 10.6. The lowest BCUT2D eigenvalue weighted by Gasteiger charge is -2.31. The number of ketones is 1. The van der Waals surface area contributed by atoms with Gasteiger partial charge in [-0.3, -0.25) is 9.59 Å². The second-order valence-electron chi connectivity index (χ2n) is 8.69. The van der Waals surface area contributed by atoms with Crippen LogP contribution in [0.4, 0.5) is 0 Å². The zero-order valence-electron chi connectivity index (χ0n) is 19.3. The average molecular weight is 487 g/mol. The van der Waals surface area contributed by atoms with Crippen LogP contribution in [0, 0.1) is 12.8 Å². The first-order valence-electron chi connectivity index (χ1n) is 11.6. The van der Waals surface area contributed by atoms with Crippen LogP contribution < -0.4 is 14.2 Å². The summed E-state index contributed by atoms with van der Waals surface area (Å²) in [5.41, 5.74) is 1.82. The molecule has 2 aliphatic heterocycles. The number of fused-ring (bicyclic) bond motifs is 1. The highest BCUT2D eigenvalue weighted by Crippen LogP contribution is 2.31. The standard InChI is InChI=1S/C25H30N2O6S/c1-18-3-5-19(6-4-18)25(29)20-10-13-27(14-11-20)24(28)9-12-26-34(30,31)21-7-8-22-23(17-21)33-16-2-15-32-22/h3-8,17,20,26H,2,9-16H2,1H3. The molecule has 1 fully saturated rings. The maximum absolute atomic E-state index is 12.7. The van der Waals surface area contributed by atoms with E-state index in [1.54, 1.807) is 11.0 Å². The fraction of sp³-hybridized carbons (Fsp3) is 0.440. The number of piperidine rings is 1. The molecule has 0 spiro atoms. The SMILES string of the molecule is Cc1ccc(C(=O)C2CCN(C(=O)CCNS(=O)(=O)c3ccc4c(c3)OCCCO4)CC2)cc1. The van der Waals surface area contributed by atoms with Gasteiger partial charge in [0.15, 0.2) is 17.3 Å². The Labute approximate surface area is 200 Å². The molecule has 4 rings (SSSR count). The Hall–Kier alpha value is -2.91. The maximum atomic E-state index is 12.7. The summed E-state index contributed by atoms with van der Waals surface area (Å²) in [7, 11) is -3.79. The Balaban J connectivity index is 1.25. The molecule has 34 heavy (non-hydrogen) atoms. The van der Waals surface area contributed by atoms with Crippen molar-refractivity contribution in [3.8, 4) is 11.5 Å². The number of rotatable bonds is 7. The van der Waals surface area contributed by atoms with E-state index in [4.69, 9.17) is 9.47 Å². The van der Waals surface area contributed by atoms with Gasteiger partial charge in [0.05, 0.1) is 18.1 Å². The molecular weight excluding hydrogens is 456 g/mol. The molecule has 8 nitrogen and oxygen atoms in total. The van der Waals surface area contributed by atoms with Crippen LogP contribution in [-0.2, 0) is 14.8 Å². The van der Waals surface area contributed by atoms with Gasteiger partial charge < -0.3 is 14.4 Å². The number of nitrogens with zero attached hydrogens (tertiary/aromatic N) is 1. The third kappa shape index (κ3) is 5.77. The Morgan fingerprint density at radius 3 is 2.38 bits per heavy atom. The van der Waals surface area contributed by atoms with Crippen molar-refractivity contribution in [3.63, 3.8) is 0 Å². The van der Waals surface area contributed by atoms with Crippen LogP contribution in [0.15, 0.2) is 47.4 Å². The first kappa shape index (κ1) is 24.2. The molecule has 9 heteroatoms. The van der Waals surface area contributed by atoms with Gasteiger partial charge in [-0.1, -0.05) is 29.8 Å². The first-order valence-corrected chi connectivity index (χ1v) is 13.1. The molecule has 0 saturated carbocycles. The van der Waals surface area contributed by atoms with Gasteiger partial charge in [-0.05, 0) is 31.9 Å². The summed E-state index contributed by atoms with van der Waals surface area (Å²) in [6.45, 7) is 3.96. The van der Waals surface area contributed by atoms with E-state index in [2.05, 4.69) is 4.72 Å². The molecular formula is C25H30N2O6S. The first-order chi connectivity index (χ1) is 16.3. The Morgan fingerprint density at radius 1 is 1.00 bits per heavy atom. The number of hydrogen-bond donors (Lipinski definition) is 1. The van der Waals surface area contributed by atoms with Crippen molar-refractivity contribution in [3.05, 3.63) is 53.6 Å². The molecule has 0 unspecified atom stereocenters. The smallest absolute Gasteiger partial charge is 0.240 e. The number of amides is 1. The van der Waals surface area contributed by atoms with Crippen LogP contribution in [0.25, 0.3) is 0 Å². The molecule has 2 aromatic rings. The van der Waals surface area contributed by atoms with E-state index < -0.39 is 10.0 Å². The molecule has 2 aromatic carbocycles. The summed E-state index contributed by atoms with van der Waals surface area (Å²) >= 11 is 0. The summed E-state index contributed by atoms with van der Waals surface area (Å²) in [5.74, 6) is 0.831. The van der Waals surface area contributed by atoms with Crippen LogP contribution in [-0.4, -0.2) is 57.9 Å². The lowest BCUT2D eigenvalue weighted by molar-refractivity contribution is -0.132. The minimum atomic E-state index is -3.79. The van der Waals surface area contributed by atoms with Gasteiger partial charge in [-0.2, -0.15) is 0 Å². The maximum Gasteiger partial charge on any atom is 0.240 e. The van der Waals surface area contributed by atoms with Gasteiger partial charge >= 0.3 is 0 Å². The van der Waals surface area contributed by atoms with Crippen molar-refractivity contribution in [1.29, 1.82) is 0 Å². The van der Waals surface area contributed by atoms with Gasteiger partial charge in [0, 0.05) is 50.0 Å². The minimum absolute atomic E-state index is 0.00215. The van der Waals surface area contributed by atoms with Crippen molar-refractivity contribution >= 4 is 21.7 Å². The number of likely N-dealkylation sites (tertiary alicyclic amines) is 1. The zero-order valence-corrected chi connectivity index (χ0v) is 20.1. The number of ether oxygens (including phenoxy) is 2. The van der Waals surface area contributed by atoms with Crippen LogP contribution in [0.5, 0.6) is 11.5 Å². The Morgan fingerprint density at radius 2 is 1.68 bits per heavy atom. The largest absolute Gasteiger partial charge is 0.490 e. The molecule has 1 N–H and O–H groups in total. The number of sulfonamides is 1. The van der Waals surface area contributed by atoms with E-state index in [-0.39, 0.29) is 35.5 Å². The molecule has 0 aliphatic carbocycles. The number of carbonyl (C=O) groups is 2. The van der Waals surface area contributed by atoms with Gasteiger partial charge in [0.2, 0.25) is 15.9 Å². The number of nitrogens with one attached hydrogen (secondary N) is 1. The van der Waals surface area contributed by atoms with Crippen molar-refractivity contribution in [2.75, 3.05) is 32.8 Å². The fourth-order valence-electron chi connectivity index (χ4n) is 4.19. The van der Waals surface area contributed by atoms with E-state index in [0.29, 0.717) is 56.2 Å². The van der Waals surface area contributed by atoms with Crippen molar-refractivity contribution in [2.24, 2.45) is 5.92 Å². The fourth-order valence-corrected chi connectivity index (χ4v) is 5.24. The quantitative estimate of drug-likeness (QED) is 0.604. The summed E-state index contributed by atoms with van der Waals surface area (Å²) < 4.78 is 38.9. The van der Waals surface area contributed by atoms with Crippen LogP contribution in [0.3, 0.4) is 0 Å². The topological polar surface area (TPSA) is 102 Å². The predicted molar refractivity (Wildman–Crippen MR) is 127 cm³/mol. The van der Waals surface area contributed by atoms with Crippen molar-refractivity contribution in [2.45, 2.75) is 37.5 Å². The molecule has 1 saturated heterocycles. The van der Waals surface area contributed by atoms with Gasteiger partial charge in [0.25, 0.3) is 0 Å². The Bertz CT molecular complexity index is 1140. The number of carbonyl (C=O) groups excluding carboxylic acids is 2. The third-order valence-electron chi connectivity index (χ3n) is 6.21. The second-order valence-corrected chi connectivity index (χ2v) is 10.5. The van der Waals surface area contributed by atoms with E-state index in [1.807, 2.05) is 31.2 Å². The molecule has 2 aliphatic rings. The molecule has 0 aromatic heterocycles. The minimum Gasteiger partial charge on any atom is -0.490 e. The highest BCUT2D eigenvalue weighted by molar-refractivity contribution is 7.89. The summed E-state index contributed by atoms with van der Waals surface area (Å²) in [6, 6.07) is 12.1. The summed E-state index contributed by atoms with van der Waals surface area (Å²) in [5, 5.41) is 0. The number of Topliss-reactive ketones (excluding diaryl/α,β-unsaturated/α-hetero) is 1. The van der Waals surface area contributed by atoms with Gasteiger partial charge in [0.1, 0.15) is 0 Å². The van der Waals surface area contributed by atoms with E-state index in [9.17, 15) is 18.0 Å². The van der Waals surface area contributed by atoms with E-state index >= 15 is 0 Å². The molecule has 0 radical (unpaired) electrons. The Kier molecular flexibility index (Phi) is 7.53. The number of benzene rings is 2. The molecule has 0 bridgehead atoms. The monoisotopic (exact) mass is 486 g/mol. The average Bonchev–Trinajstić information content (AvgIpc) is 3.09. The van der Waals surface area contributed by atoms with E-state index in [1.165, 1.54) is 12.1 Å². The third-order valence-corrected chi connectivity index (χ3v) is 7.67. The van der Waals surface area contributed by atoms with E-state index in [0.717, 1.165) is 12.0 Å². The van der Waals surface area contributed by atoms with Crippen molar-refractivity contribution < 1.29 is 27.5 Å². The highest BCUT2D eigenvalue weighted by atomic mass is 32.2. The highest BCUT2D eigenvalue weighted by Gasteiger charge is 2.28. The van der Waals surface area contributed by atoms with Crippen LogP contribution in [0.1, 0.15) is 41.6 Å². The lowest BCUT2D eigenvalue weighted by Crippen LogP contribution is -2.41. The van der Waals surface area contributed by atoms with Gasteiger partial charge in [-0.15, -0.1) is 0 Å². The van der Waals surface area contributed by atoms with Gasteiger partial charge in [-0.25, -0.2) is 13.1 Å². The normalized spacial score (nSPS) is 16.7.